The minimum atomic E-state index is -0.0231. The van der Waals surface area contributed by atoms with Gasteiger partial charge in [0.1, 0.15) is 17.1 Å². The van der Waals surface area contributed by atoms with Gasteiger partial charge < -0.3 is 19.6 Å². The molecule has 7 nitrogen and oxygen atoms in total. The lowest BCUT2D eigenvalue weighted by Crippen LogP contribution is -2.28. The highest BCUT2D eigenvalue weighted by Gasteiger charge is 2.26. The van der Waals surface area contributed by atoms with E-state index in [-0.39, 0.29) is 11.8 Å². The molecule has 0 saturated carbocycles. The third kappa shape index (κ3) is 4.39. The van der Waals surface area contributed by atoms with Crippen LogP contribution in [0, 0.1) is 0 Å². The maximum absolute atomic E-state index is 11.0. The fourth-order valence-corrected chi connectivity index (χ4v) is 4.36. The summed E-state index contributed by atoms with van der Waals surface area (Å²) in [5, 5.41) is 11.7. The van der Waals surface area contributed by atoms with Crippen LogP contribution in [0.5, 0.6) is 11.6 Å². The maximum atomic E-state index is 11.0. The molecule has 3 heterocycles. The number of rotatable bonds is 6. The molecule has 1 unspecified atom stereocenters. The van der Waals surface area contributed by atoms with Crippen LogP contribution in [0.1, 0.15) is 17.3 Å². The zero-order valence-electron chi connectivity index (χ0n) is 19.8. The van der Waals surface area contributed by atoms with E-state index < -0.39 is 0 Å². The molecule has 34 heavy (non-hydrogen) atoms. The van der Waals surface area contributed by atoms with E-state index in [1.807, 2.05) is 36.4 Å². The summed E-state index contributed by atoms with van der Waals surface area (Å²) in [5.41, 5.74) is 4.86. The minimum Gasteiger partial charge on any atom is -0.493 e. The van der Waals surface area contributed by atoms with Crippen molar-refractivity contribution in [1.29, 1.82) is 0 Å². The van der Waals surface area contributed by atoms with Crippen molar-refractivity contribution in [3.05, 3.63) is 72.3 Å². The number of para-hydroxylation sites is 1. The van der Waals surface area contributed by atoms with Gasteiger partial charge in [-0.15, -0.1) is 0 Å². The van der Waals surface area contributed by atoms with Crippen molar-refractivity contribution in [3.8, 4) is 22.8 Å². The molecule has 0 saturated heterocycles. The molecule has 4 aromatic rings. The number of ether oxygens (including phenoxy) is 1. The van der Waals surface area contributed by atoms with Crippen LogP contribution < -0.4 is 9.64 Å². The second-order valence-corrected chi connectivity index (χ2v) is 9.08. The zero-order valence-corrected chi connectivity index (χ0v) is 19.8. The van der Waals surface area contributed by atoms with Crippen molar-refractivity contribution >= 4 is 16.6 Å². The molecule has 1 aliphatic rings. The van der Waals surface area contributed by atoms with Crippen LogP contribution in [0.3, 0.4) is 0 Å². The van der Waals surface area contributed by atoms with E-state index in [4.69, 9.17) is 9.72 Å². The minimum absolute atomic E-state index is 0.00276. The van der Waals surface area contributed by atoms with Crippen molar-refractivity contribution in [2.24, 2.45) is 0 Å². The predicted octanol–water partition coefficient (Wildman–Crippen LogP) is 4.11. The normalized spacial score (nSPS) is 15.2. The van der Waals surface area contributed by atoms with E-state index in [0.717, 1.165) is 53.2 Å². The Morgan fingerprint density at radius 2 is 1.76 bits per heavy atom. The van der Waals surface area contributed by atoms with Gasteiger partial charge in [0.25, 0.3) is 0 Å². The Hall–Kier alpha value is -3.71. The van der Waals surface area contributed by atoms with E-state index in [0.29, 0.717) is 17.8 Å². The number of aromatic nitrogens is 3. The summed E-state index contributed by atoms with van der Waals surface area (Å²) in [6.45, 7) is 2.21. The van der Waals surface area contributed by atoms with Crippen LogP contribution in [0.2, 0.25) is 0 Å². The highest BCUT2D eigenvalue weighted by atomic mass is 16.5. The molecule has 2 aromatic heterocycles. The monoisotopic (exact) mass is 455 g/mol. The number of hydrogen-bond acceptors (Lipinski definition) is 7. The highest BCUT2D eigenvalue weighted by Crippen LogP contribution is 2.37. The summed E-state index contributed by atoms with van der Waals surface area (Å²) in [6.07, 6.45) is 4.33. The van der Waals surface area contributed by atoms with Gasteiger partial charge in [0.15, 0.2) is 0 Å². The van der Waals surface area contributed by atoms with Gasteiger partial charge in [-0.25, -0.2) is 4.98 Å². The maximum Gasteiger partial charge on any atom is 0.222 e. The van der Waals surface area contributed by atoms with E-state index in [9.17, 15) is 5.11 Å². The van der Waals surface area contributed by atoms with Gasteiger partial charge >= 0.3 is 0 Å². The number of fused-ring (bicyclic) bond motifs is 2. The number of benzene rings is 2. The molecule has 2 aromatic carbocycles. The Morgan fingerprint density at radius 1 is 0.971 bits per heavy atom. The average Bonchev–Trinajstić information content (AvgIpc) is 2.87. The first-order valence-electron chi connectivity index (χ1n) is 11.5. The van der Waals surface area contributed by atoms with E-state index >= 15 is 0 Å². The molecular weight excluding hydrogens is 426 g/mol. The van der Waals surface area contributed by atoms with Gasteiger partial charge in [-0.05, 0) is 67.5 Å². The lowest BCUT2D eigenvalue weighted by Gasteiger charge is -2.26. The lowest BCUT2D eigenvalue weighted by molar-refractivity contribution is 0.257. The Kier molecular flexibility index (Phi) is 6.02. The molecule has 1 atom stereocenters. The number of hydrogen-bond donors (Lipinski definition) is 1. The van der Waals surface area contributed by atoms with Gasteiger partial charge in [0.2, 0.25) is 5.88 Å². The Balaban J connectivity index is 1.60. The molecule has 1 aliphatic heterocycles. The number of nitrogens with zero attached hydrogens (tertiary/aromatic N) is 5. The van der Waals surface area contributed by atoms with Gasteiger partial charge in [-0.2, -0.15) is 4.98 Å². The highest BCUT2D eigenvalue weighted by molar-refractivity contribution is 5.97. The van der Waals surface area contributed by atoms with Crippen LogP contribution in [0.4, 0.5) is 5.69 Å². The molecule has 0 radical (unpaired) electrons. The average molecular weight is 456 g/mol. The first-order valence-corrected chi connectivity index (χ1v) is 11.5. The third-order valence-electron chi connectivity index (χ3n) is 6.33. The van der Waals surface area contributed by atoms with Crippen molar-refractivity contribution in [2.75, 3.05) is 45.7 Å². The Labute approximate surface area is 199 Å². The van der Waals surface area contributed by atoms with Crippen molar-refractivity contribution in [3.63, 3.8) is 0 Å². The van der Waals surface area contributed by atoms with Gasteiger partial charge in [-0.1, -0.05) is 18.2 Å². The summed E-state index contributed by atoms with van der Waals surface area (Å²) < 4.78 is 5.98. The van der Waals surface area contributed by atoms with Crippen LogP contribution in [0.15, 0.2) is 60.9 Å². The molecule has 0 fully saturated rings. The molecule has 0 amide bonds. The van der Waals surface area contributed by atoms with E-state index in [1.165, 1.54) is 0 Å². The molecule has 0 spiro atoms. The summed E-state index contributed by atoms with van der Waals surface area (Å²) in [7, 11) is 6.19. The predicted molar refractivity (Wildman–Crippen MR) is 135 cm³/mol. The van der Waals surface area contributed by atoms with Crippen LogP contribution >= 0.6 is 0 Å². The summed E-state index contributed by atoms with van der Waals surface area (Å²) in [4.78, 5) is 18.0. The second kappa shape index (κ2) is 9.27. The topological polar surface area (TPSA) is 74.6 Å². The van der Waals surface area contributed by atoms with Crippen LogP contribution in [-0.4, -0.2) is 65.8 Å². The molecular formula is C27H29N5O2. The van der Waals surface area contributed by atoms with Crippen molar-refractivity contribution < 1.29 is 9.84 Å². The van der Waals surface area contributed by atoms with Crippen molar-refractivity contribution in [2.45, 2.75) is 12.3 Å². The Morgan fingerprint density at radius 3 is 2.56 bits per heavy atom. The van der Waals surface area contributed by atoms with Crippen LogP contribution in [-0.2, 0) is 6.42 Å². The SMILES string of the molecule is CN(C)CCN(C)c1cc(-c2ccncc2)cc2c(O)nc(C3COc4ccccc4C3)nc12. The quantitative estimate of drug-likeness (QED) is 0.469. The smallest absolute Gasteiger partial charge is 0.222 e. The number of anilines is 1. The van der Waals surface area contributed by atoms with Gasteiger partial charge in [-0.3, -0.25) is 4.98 Å². The summed E-state index contributed by atoms with van der Waals surface area (Å²) in [5.74, 6) is 1.50. The molecule has 174 valence electrons. The first-order chi connectivity index (χ1) is 16.5. The summed E-state index contributed by atoms with van der Waals surface area (Å²) >= 11 is 0. The zero-order chi connectivity index (χ0) is 23.7. The second-order valence-electron chi connectivity index (χ2n) is 9.08. The fourth-order valence-electron chi connectivity index (χ4n) is 4.36. The van der Waals surface area contributed by atoms with E-state index in [1.54, 1.807) is 12.4 Å². The number of aromatic hydroxyl groups is 1. The van der Waals surface area contributed by atoms with Gasteiger partial charge in [0.05, 0.1) is 23.6 Å². The molecule has 5 rings (SSSR count). The lowest BCUT2D eigenvalue weighted by atomic mass is 9.95. The third-order valence-corrected chi connectivity index (χ3v) is 6.33. The Bertz CT molecular complexity index is 1310. The molecule has 0 aliphatic carbocycles. The molecule has 1 N–H and O–H groups in total. The van der Waals surface area contributed by atoms with Gasteiger partial charge in [0, 0.05) is 32.5 Å². The fraction of sp³-hybridized carbons (Fsp3) is 0.296. The molecule has 7 heteroatoms. The summed E-state index contributed by atoms with van der Waals surface area (Å²) in [6, 6.07) is 16.1. The number of likely N-dealkylation sites (N-methyl/N-ethyl adjacent to an activating group) is 2. The van der Waals surface area contributed by atoms with Crippen molar-refractivity contribution in [1.82, 2.24) is 19.9 Å². The standard InChI is InChI=1S/C27H29N5O2/c1-31(2)12-13-32(3)23-16-20(18-8-10-28-11-9-18)15-22-25(23)29-26(30-27(22)33)21-14-19-6-4-5-7-24(19)34-17-21/h4-11,15-16,21H,12-14,17H2,1-3H3,(H,29,30,33). The largest absolute Gasteiger partial charge is 0.493 e. The van der Waals surface area contributed by atoms with Crippen LogP contribution in [0.25, 0.3) is 22.0 Å². The van der Waals surface area contributed by atoms with E-state index in [2.05, 4.69) is 53.0 Å². The number of pyridine rings is 1. The molecule has 0 bridgehead atoms. The first kappa shape index (κ1) is 22.1.